The summed E-state index contributed by atoms with van der Waals surface area (Å²) in [5.41, 5.74) is 0.868. The molecule has 6 heteroatoms. The van der Waals surface area contributed by atoms with Crippen LogP contribution in [0.3, 0.4) is 0 Å². The molecule has 2 atom stereocenters. The Bertz CT molecular complexity index is 667. The summed E-state index contributed by atoms with van der Waals surface area (Å²) >= 11 is 0. The van der Waals surface area contributed by atoms with Crippen LogP contribution in [0.4, 0.5) is 5.69 Å². The molecule has 0 fully saturated rings. The van der Waals surface area contributed by atoms with Crippen molar-refractivity contribution in [1.82, 2.24) is 0 Å². The van der Waals surface area contributed by atoms with E-state index in [9.17, 15) is 14.4 Å². The maximum Gasteiger partial charge on any atom is 0.328 e. The largest absolute Gasteiger partial charge is 0.479 e. The van der Waals surface area contributed by atoms with Crippen molar-refractivity contribution in [3.63, 3.8) is 0 Å². The highest BCUT2D eigenvalue weighted by atomic mass is 16.5. The second-order valence-corrected chi connectivity index (χ2v) is 6.41. The lowest BCUT2D eigenvalue weighted by molar-refractivity contribution is -0.147. The van der Waals surface area contributed by atoms with Gasteiger partial charge in [0.25, 0.3) is 5.91 Å². The summed E-state index contributed by atoms with van der Waals surface area (Å²) in [6.07, 6.45) is -0.707. The maximum absolute atomic E-state index is 12.6. The molecular formula is C18H23NO5. The van der Waals surface area contributed by atoms with Gasteiger partial charge >= 0.3 is 5.97 Å². The Morgan fingerprint density at radius 2 is 1.96 bits per heavy atom. The first-order valence-electron chi connectivity index (χ1n) is 8.03. The molecule has 1 aliphatic heterocycles. The summed E-state index contributed by atoms with van der Waals surface area (Å²) in [5, 5.41) is 0. The highest BCUT2D eigenvalue weighted by Gasteiger charge is 2.38. The van der Waals surface area contributed by atoms with Crippen LogP contribution in [0.2, 0.25) is 0 Å². The van der Waals surface area contributed by atoms with Crippen molar-refractivity contribution in [3.8, 4) is 5.75 Å². The maximum atomic E-state index is 12.6. The molecule has 0 saturated heterocycles. The van der Waals surface area contributed by atoms with Gasteiger partial charge in [-0.3, -0.25) is 14.5 Å². The van der Waals surface area contributed by atoms with E-state index in [0.29, 0.717) is 17.0 Å². The summed E-state index contributed by atoms with van der Waals surface area (Å²) in [6.45, 7) is 8.85. The Morgan fingerprint density at radius 3 is 2.54 bits per heavy atom. The standard InChI is InChI=1S/C18H23NO5/c1-10(2)9-23-18(22)11(3)19-15-8-14(12(4)20)6-7-16(15)24-13(5)17(19)21/h6-8,10-11,13H,9H2,1-5H3. The molecule has 2 unspecified atom stereocenters. The minimum atomic E-state index is -0.802. The molecule has 0 aromatic heterocycles. The Kier molecular flexibility index (Phi) is 5.26. The lowest BCUT2D eigenvalue weighted by atomic mass is 10.1. The third-order valence-electron chi connectivity index (χ3n) is 3.80. The van der Waals surface area contributed by atoms with Gasteiger partial charge in [0.1, 0.15) is 11.8 Å². The van der Waals surface area contributed by atoms with Crippen LogP contribution >= 0.6 is 0 Å². The molecule has 1 aromatic rings. The van der Waals surface area contributed by atoms with Gasteiger partial charge in [-0.15, -0.1) is 0 Å². The van der Waals surface area contributed by atoms with Crippen LogP contribution in [0.15, 0.2) is 18.2 Å². The number of Topliss-reactive ketones (excluding diaryl/α,β-unsaturated/α-hetero) is 1. The molecular weight excluding hydrogens is 310 g/mol. The monoisotopic (exact) mass is 333 g/mol. The van der Waals surface area contributed by atoms with E-state index in [1.165, 1.54) is 11.8 Å². The number of hydrogen-bond acceptors (Lipinski definition) is 5. The SMILES string of the molecule is CC(=O)c1ccc2c(c1)N(C(C)C(=O)OCC(C)C)C(=O)C(C)O2. The fraction of sp³-hybridized carbons (Fsp3) is 0.500. The molecule has 0 saturated carbocycles. The van der Waals surface area contributed by atoms with Gasteiger partial charge in [-0.2, -0.15) is 0 Å². The summed E-state index contributed by atoms with van der Waals surface area (Å²) in [7, 11) is 0. The number of amides is 1. The van der Waals surface area contributed by atoms with Crippen LogP contribution in [0.1, 0.15) is 45.0 Å². The Hall–Kier alpha value is -2.37. The van der Waals surface area contributed by atoms with Crippen LogP contribution in [-0.4, -0.2) is 36.4 Å². The highest BCUT2D eigenvalue weighted by Crippen LogP contribution is 2.36. The van der Waals surface area contributed by atoms with Gasteiger partial charge in [-0.25, -0.2) is 4.79 Å². The topological polar surface area (TPSA) is 72.9 Å². The van der Waals surface area contributed by atoms with Crippen LogP contribution in [0, 0.1) is 5.92 Å². The van der Waals surface area contributed by atoms with Crippen molar-refractivity contribution in [2.24, 2.45) is 5.92 Å². The Morgan fingerprint density at radius 1 is 1.29 bits per heavy atom. The van der Waals surface area contributed by atoms with Crippen molar-refractivity contribution in [3.05, 3.63) is 23.8 Å². The van der Waals surface area contributed by atoms with Crippen LogP contribution in [0.5, 0.6) is 5.75 Å². The predicted molar refractivity (Wildman–Crippen MR) is 89.3 cm³/mol. The number of ketones is 1. The zero-order valence-corrected chi connectivity index (χ0v) is 14.7. The molecule has 2 rings (SSSR count). The predicted octanol–water partition coefficient (Wildman–Crippen LogP) is 2.59. The number of ether oxygens (including phenoxy) is 2. The number of fused-ring (bicyclic) bond motifs is 1. The molecule has 1 amide bonds. The first kappa shape index (κ1) is 18.0. The lowest BCUT2D eigenvalue weighted by Gasteiger charge is -2.36. The van der Waals surface area contributed by atoms with Crippen molar-refractivity contribution in [1.29, 1.82) is 0 Å². The van der Waals surface area contributed by atoms with Gasteiger partial charge < -0.3 is 9.47 Å². The number of carbonyl (C=O) groups excluding carboxylic acids is 3. The molecule has 130 valence electrons. The quantitative estimate of drug-likeness (QED) is 0.612. The van der Waals surface area contributed by atoms with Gasteiger partial charge in [0.15, 0.2) is 11.9 Å². The third-order valence-corrected chi connectivity index (χ3v) is 3.80. The second kappa shape index (κ2) is 7.03. The molecule has 0 spiro atoms. The minimum absolute atomic E-state index is 0.126. The minimum Gasteiger partial charge on any atom is -0.479 e. The molecule has 1 aromatic carbocycles. The summed E-state index contributed by atoms with van der Waals surface area (Å²) < 4.78 is 10.8. The molecule has 1 heterocycles. The van der Waals surface area contributed by atoms with Gasteiger partial charge in [0.05, 0.1) is 12.3 Å². The molecule has 0 bridgehead atoms. The first-order valence-corrected chi connectivity index (χ1v) is 8.03. The number of nitrogens with zero attached hydrogens (tertiary/aromatic N) is 1. The third kappa shape index (κ3) is 3.58. The molecule has 24 heavy (non-hydrogen) atoms. The average molecular weight is 333 g/mol. The zero-order valence-electron chi connectivity index (χ0n) is 14.7. The van der Waals surface area contributed by atoms with E-state index in [1.54, 1.807) is 32.0 Å². The number of carbonyl (C=O) groups is 3. The number of esters is 1. The van der Waals surface area contributed by atoms with Gasteiger partial charge in [0.2, 0.25) is 0 Å². The van der Waals surface area contributed by atoms with E-state index in [2.05, 4.69) is 0 Å². The summed E-state index contributed by atoms with van der Waals surface area (Å²) in [5.74, 6) is -0.269. The first-order chi connectivity index (χ1) is 11.2. The van der Waals surface area contributed by atoms with Crippen molar-refractivity contribution in [2.45, 2.75) is 46.8 Å². The van der Waals surface area contributed by atoms with E-state index in [1.807, 2.05) is 13.8 Å². The molecule has 6 nitrogen and oxygen atoms in total. The zero-order chi connectivity index (χ0) is 18.0. The van der Waals surface area contributed by atoms with Crippen molar-refractivity contribution < 1.29 is 23.9 Å². The number of benzene rings is 1. The van der Waals surface area contributed by atoms with Gasteiger partial charge in [0, 0.05) is 5.56 Å². The normalized spacial score (nSPS) is 18.0. The summed E-state index contributed by atoms with van der Waals surface area (Å²) in [6, 6.07) is 4.06. The number of anilines is 1. The fourth-order valence-corrected chi connectivity index (χ4v) is 2.45. The Balaban J connectivity index is 2.37. The van der Waals surface area contributed by atoms with Crippen molar-refractivity contribution in [2.75, 3.05) is 11.5 Å². The lowest BCUT2D eigenvalue weighted by Crippen LogP contribution is -2.52. The van der Waals surface area contributed by atoms with Gasteiger partial charge in [-0.05, 0) is 44.9 Å². The van der Waals surface area contributed by atoms with Gasteiger partial charge in [-0.1, -0.05) is 13.8 Å². The van der Waals surface area contributed by atoms with E-state index >= 15 is 0 Å². The van der Waals surface area contributed by atoms with Crippen LogP contribution in [-0.2, 0) is 14.3 Å². The smallest absolute Gasteiger partial charge is 0.328 e. The highest BCUT2D eigenvalue weighted by molar-refractivity contribution is 6.05. The number of rotatable bonds is 5. The van der Waals surface area contributed by atoms with E-state index < -0.39 is 18.1 Å². The Labute approximate surface area is 141 Å². The molecule has 1 aliphatic rings. The van der Waals surface area contributed by atoms with E-state index in [-0.39, 0.29) is 24.2 Å². The van der Waals surface area contributed by atoms with Crippen LogP contribution in [0.25, 0.3) is 0 Å². The van der Waals surface area contributed by atoms with Crippen LogP contribution < -0.4 is 9.64 Å². The average Bonchev–Trinajstić information content (AvgIpc) is 2.52. The molecule has 0 aliphatic carbocycles. The fourth-order valence-electron chi connectivity index (χ4n) is 2.45. The number of hydrogen-bond donors (Lipinski definition) is 0. The van der Waals surface area contributed by atoms with E-state index in [0.717, 1.165) is 0 Å². The summed E-state index contributed by atoms with van der Waals surface area (Å²) in [4.78, 5) is 37.9. The van der Waals surface area contributed by atoms with E-state index in [4.69, 9.17) is 9.47 Å². The molecule has 0 N–H and O–H groups in total. The molecule has 0 radical (unpaired) electrons. The van der Waals surface area contributed by atoms with Crippen molar-refractivity contribution >= 4 is 23.3 Å². The second-order valence-electron chi connectivity index (χ2n) is 6.41.